The molecule has 24 heavy (non-hydrogen) atoms. The smallest absolute Gasteiger partial charge is 0.333 e. The highest BCUT2D eigenvalue weighted by molar-refractivity contribution is 6.01. The van der Waals surface area contributed by atoms with Crippen molar-refractivity contribution in [2.24, 2.45) is 5.73 Å². The molecule has 2 N–H and O–H groups in total. The van der Waals surface area contributed by atoms with E-state index in [-0.39, 0.29) is 5.91 Å². The molecule has 132 valence electrons. The molecule has 1 aliphatic rings. The van der Waals surface area contributed by atoms with Crippen molar-refractivity contribution in [2.75, 3.05) is 26.2 Å². The van der Waals surface area contributed by atoms with E-state index in [1.165, 1.54) is 5.56 Å². The van der Waals surface area contributed by atoms with Crippen molar-refractivity contribution < 1.29 is 14.3 Å². The van der Waals surface area contributed by atoms with Gasteiger partial charge in [0.2, 0.25) is 0 Å². The zero-order chi connectivity index (χ0) is 17.7. The zero-order valence-electron chi connectivity index (χ0n) is 14.7. The fraction of sp³-hybridized carbons (Fsp3) is 0.556. The maximum atomic E-state index is 12.4. The molecule has 0 spiro atoms. The minimum Gasteiger partial charge on any atom is -0.458 e. The molecule has 6 heteroatoms. The van der Waals surface area contributed by atoms with Crippen LogP contribution in [0.2, 0.25) is 0 Å². The molecule has 1 saturated heterocycles. The van der Waals surface area contributed by atoms with E-state index >= 15 is 0 Å². The number of amides is 1. The molecule has 1 unspecified atom stereocenters. The molecular weight excluding hydrogens is 306 g/mol. The summed E-state index contributed by atoms with van der Waals surface area (Å²) in [6.07, 6.45) is 0. The molecule has 0 bridgehead atoms. The lowest BCUT2D eigenvalue weighted by Crippen LogP contribution is -2.55. The second-order valence-corrected chi connectivity index (χ2v) is 7.10. The van der Waals surface area contributed by atoms with Crippen LogP contribution in [0.25, 0.3) is 0 Å². The van der Waals surface area contributed by atoms with Crippen molar-refractivity contribution in [3.63, 3.8) is 0 Å². The van der Waals surface area contributed by atoms with Crippen LogP contribution in [0.4, 0.5) is 0 Å². The van der Waals surface area contributed by atoms with Gasteiger partial charge < -0.3 is 15.4 Å². The molecular formula is C18H27N3O3. The van der Waals surface area contributed by atoms with E-state index in [0.29, 0.717) is 13.1 Å². The van der Waals surface area contributed by atoms with Gasteiger partial charge in [-0.1, -0.05) is 30.3 Å². The highest BCUT2D eigenvalue weighted by Gasteiger charge is 2.32. The van der Waals surface area contributed by atoms with Crippen molar-refractivity contribution in [1.29, 1.82) is 0 Å². The molecule has 1 amide bonds. The van der Waals surface area contributed by atoms with Crippen molar-refractivity contribution in [2.45, 2.75) is 39.0 Å². The highest BCUT2D eigenvalue weighted by Crippen LogP contribution is 2.11. The summed E-state index contributed by atoms with van der Waals surface area (Å²) in [5.41, 5.74) is 6.38. The fourth-order valence-corrected chi connectivity index (χ4v) is 2.63. The molecule has 0 radical (unpaired) electrons. The first kappa shape index (κ1) is 18.4. The summed E-state index contributed by atoms with van der Waals surface area (Å²) < 4.78 is 5.19. The summed E-state index contributed by atoms with van der Waals surface area (Å²) in [7, 11) is 0. The van der Waals surface area contributed by atoms with Gasteiger partial charge in [-0.3, -0.25) is 9.69 Å². The number of hydrogen-bond acceptors (Lipinski definition) is 5. The average Bonchev–Trinajstić information content (AvgIpc) is 2.53. The lowest BCUT2D eigenvalue weighted by Gasteiger charge is -2.35. The molecule has 1 aromatic carbocycles. The lowest BCUT2D eigenvalue weighted by atomic mass is 10.1. The second-order valence-electron chi connectivity index (χ2n) is 7.10. The van der Waals surface area contributed by atoms with Gasteiger partial charge in [0.15, 0.2) is 6.04 Å². The Balaban J connectivity index is 1.83. The Labute approximate surface area is 143 Å². The van der Waals surface area contributed by atoms with Crippen LogP contribution in [-0.2, 0) is 20.9 Å². The van der Waals surface area contributed by atoms with Crippen LogP contribution in [0.5, 0.6) is 0 Å². The lowest BCUT2D eigenvalue weighted by molar-refractivity contribution is -0.160. The molecule has 1 aliphatic heterocycles. The third-order valence-electron chi connectivity index (χ3n) is 3.86. The first-order valence-electron chi connectivity index (χ1n) is 8.30. The van der Waals surface area contributed by atoms with Crippen LogP contribution < -0.4 is 5.73 Å². The van der Waals surface area contributed by atoms with E-state index in [1.807, 2.05) is 18.2 Å². The maximum Gasteiger partial charge on any atom is 0.333 e. The van der Waals surface area contributed by atoms with Gasteiger partial charge in [-0.05, 0) is 26.3 Å². The standard InChI is InChI=1S/C18H27N3O3/c1-18(2,3)24-17(23)15(19)16(22)21-11-9-20(10-12-21)13-14-7-5-4-6-8-14/h4-8,15H,9-13,19H2,1-3H3. The summed E-state index contributed by atoms with van der Waals surface area (Å²) in [4.78, 5) is 28.3. The SMILES string of the molecule is CC(C)(C)OC(=O)C(N)C(=O)N1CCN(Cc2ccccc2)CC1. The van der Waals surface area contributed by atoms with Crippen molar-refractivity contribution in [3.8, 4) is 0 Å². The number of carbonyl (C=O) groups excluding carboxylic acids is 2. The number of piperazine rings is 1. The third-order valence-corrected chi connectivity index (χ3v) is 3.86. The molecule has 1 atom stereocenters. The van der Waals surface area contributed by atoms with E-state index in [0.717, 1.165) is 19.6 Å². The van der Waals surface area contributed by atoms with E-state index in [1.54, 1.807) is 25.7 Å². The molecule has 0 aromatic heterocycles. The Morgan fingerprint density at radius 1 is 1.12 bits per heavy atom. The van der Waals surface area contributed by atoms with E-state index in [2.05, 4.69) is 17.0 Å². The number of nitrogens with zero attached hydrogens (tertiary/aromatic N) is 2. The molecule has 6 nitrogen and oxygen atoms in total. The van der Waals surface area contributed by atoms with Gasteiger partial charge in [-0.15, -0.1) is 0 Å². The van der Waals surface area contributed by atoms with Crippen molar-refractivity contribution in [1.82, 2.24) is 9.80 Å². The van der Waals surface area contributed by atoms with Gasteiger partial charge >= 0.3 is 5.97 Å². The Hall–Kier alpha value is -1.92. The third kappa shape index (κ3) is 5.32. The fourth-order valence-electron chi connectivity index (χ4n) is 2.63. The van der Waals surface area contributed by atoms with E-state index in [4.69, 9.17) is 10.5 Å². The zero-order valence-corrected chi connectivity index (χ0v) is 14.7. The Kier molecular flexibility index (Phi) is 5.96. The maximum absolute atomic E-state index is 12.4. The predicted molar refractivity (Wildman–Crippen MR) is 92.1 cm³/mol. The molecule has 0 saturated carbocycles. The van der Waals surface area contributed by atoms with Crippen LogP contribution in [0.15, 0.2) is 30.3 Å². The number of nitrogens with two attached hydrogens (primary N) is 1. The predicted octanol–water partition coefficient (Wildman–Crippen LogP) is 1.000. The first-order valence-corrected chi connectivity index (χ1v) is 8.30. The van der Waals surface area contributed by atoms with Crippen LogP contribution in [0.1, 0.15) is 26.3 Å². The number of hydrogen-bond donors (Lipinski definition) is 1. The Morgan fingerprint density at radius 2 is 1.71 bits per heavy atom. The van der Waals surface area contributed by atoms with E-state index < -0.39 is 17.6 Å². The largest absolute Gasteiger partial charge is 0.458 e. The van der Waals surface area contributed by atoms with Gasteiger partial charge in [-0.25, -0.2) is 4.79 Å². The average molecular weight is 333 g/mol. The minimum absolute atomic E-state index is 0.358. The van der Waals surface area contributed by atoms with Gasteiger partial charge in [0.25, 0.3) is 5.91 Å². The summed E-state index contributed by atoms with van der Waals surface area (Å²) in [5, 5.41) is 0. The second kappa shape index (κ2) is 7.77. The summed E-state index contributed by atoms with van der Waals surface area (Å²) in [5.74, 6) is -1.03. The topological polar surface area (TPSA) is 75.9 Å². The van der Waals surface area contributed by atoms with Gasteiger partial charge in [-0.2, -0.15) is 0 Å². The summed E-state index contributed by atoms with van der Waals surface area (Å²) in [6.45, 7) is 8.80. The monoisotopic (exact) mass is 333 g/mol. The Bertz CT molecular complexity index is 561. The van der Waals surface area contributed by atoms with Crippen LogP contribution in [0.3, 0.4) is 0 Å². The summed E-state index contributed by atoms with van der Waals surface area (Å²) >= 11 is 0. The normalized spacial score (nSPS) is 17.4. The van der Waals surface area contributed by atoms with Crippen LogP contribution in [-0.4, -0.2) is 59.5 Å². The first-order chi connectivity index (χ1) is 11.3. The number of rotatable bonds is 4. The van der Waals surface area contributed by atoms with Crippen LogP contribution >= 0.6 is 0 Å². The molecule has 1 aromatic rings. The summed E-state index contributed by atoms with van der Waals surface area (Å²) in [6, 6.07) is 8.98. The van der Waals surface area contributed by atoms with Gasteiger partial charge in [0, 0.05) is 32.7 Å². The quantitative estimate of drug-likeness (QED) is 0.657. The van der Waals surface area contributed by atoms with Gasteiger partial charge in [0.1, 0.15) is 5.60 Å². The van der Waals surface area contributed by atoms with Crippen molar-refractivity contribution in [3.05, 3.63) is 35.9 Å². The van der Waals surface area contributed by atoms with Crippen LogP contribution in [0, 0.1) is 0 Å². The molecule has 1 heterocycles. The molecule has 2 rings (SSSR count). The highest BCUT2D eigenvalue weighted by atomic mass is 16.6. The Morgan fingerprint density at radius 3 is 2.25 bits per heavy atom. The minimum atomic E-state index is -1.25. The molecule has 0 aliphatic carbocycles. The number of carbonyl (C=O) groups is 2. The molecule has 1 fully saturated rings. The van der Waals surface area contributed by atoms with Crippen molar-refractivity contribution >= 4 is 11.9 Å². The number of esters is 1. The number of benzene rings is 1. The van der Waals surface area contributed by atoms with E-state index in [9.17, 15) is 9.59 Å². The number of ether oxygens (including phenoxy) is 1. The van der Waals surface area contributed by atoms with Gasteiger partial charge in [0.05, 0.1) is 0 Å².